The van der Waals surface area contributed by atoms with Crippen molar-refractivity contribution in [3.05, 3.63) is 35.9 Å². The molecular weight excluding hydrogens is 261 g/mol. The summed E-state index contributed by atoms with van der Waals surface area (Å²) < 4.78 is 0. The second-order valence-corrected chi connectivity index (χ2v) is 2.84. The number of nitrogens with zero attached hydrogens (tertiary/aromatic N) is 1. The lowest BCUT2D eigenvalue weighted by Gasteiger charge is -2.22. The monoisotopic (exact) mass is 273 g/mol. The topological polar surface area (TPSA) is 3.24 Å². The standard InChI is InChI=1S/C10H11N.HI/c1-11-8-4-6-9-5-2-3-7-10(9)11;/h2-7H,8H2,1H3;1H. The summed E-state index contributed by atoms with van der Waals surface area (Å²) in [4.78, 5) is 2.25. The van der Waals surface area contributed by atoms with Crippen molar-refractivity contribution in [2.24, 2.45) is 0 Å². The van der Waals surface area contributed by atoms with Crippen LogP contribution >= 0.6 is 24.0 Å². The maximum absolute atomic E-state index is 2.25. The highest BCUT2D eigenvalue weighted by Crippen LogP contribution is 2.23. The second-order valence-electron chi connectivity index (χ2n) is 2.84. The van der Waals surface area contributed by atoms with Gasteiger partial charge in [0.25, 0.3) is 0 Å². The number of halogens is 1. The highest BCUT2D eigenvalue weighted by Gasteiger charge is 2.06. The number of hydrogen-bond donors (Lipinski definition) is 0. The zero-order valence-corrected chi connectivity index (χ0v) is 9.36. The molecule has 1 aromatic rings. The fourth-order valence-electron chi connectivity index (χ4n) is 1.41. The third kappa shape index (κ3) is 1.63. The van der Waals surface area contributed by atoms with E-state index < -0.39 is 0 Å². The highest BCUT2D eigenvalue weighted by molar-refractivity contribution is 14.0. The molecule has 0 fully saturated rings. The molecule has 0 N–H and O–H groups in total. The van der Waals surface area contributed by atoms with Gasteiger partial charge in [0.05, 0.1) is 0 Å². The van der Waals surface area contributed by atoms with E-state index >= 15 is 0 Å². The van der Waals surface area contributed by atoms with Crippen molar-refractivity contribution in [2.75, 3.05) is 18.5 Å². The Morgan fingerprint density at radius 3 is 2.75 bits per heavy atom. The molecule has 0 radical (unpaired) electrons. The van der Waals surface area contributed by atoms with Crippen LogP contribution in [0.2, 0.25) is 0 Å². The predicted octanol–water partition coefficient (Wildman–Crippen LogP) is 2.77. The zero-order chi connectivity index (χ0) is 7.68. The Bertz CT molecular complexity index is 294. The first-order chi connectivity index (χ1) is 5.38. The SMILES string of the molecule is CN1CC=Cc2ccccc21.I. The Hall–Kier alpha value is -0.510. The second kappa shape index (κ2) is 3.94. The van der Waals surface area contributed by atoms with Gasteiger partial charge in [-0.2, -0.15) is 0 Å². The number of anilines is 1. The molecule has 0 atom stereocenters. The summed E-state index contributed by atoms with van der Waals surface area (Å²) >= 11 is 0. The maximum Gasteiger partial charge on any atom is 0.0439 e. The molecule has 1 aliphatic rings. The van der Waals surface area contributed by atoms with E-state index in [0.29, 0.717) is 0 Å². The van der Waals surface area contributed by atoms with E-state index in [4.69, 9.17) is 0 Å². The maximum atomic E-state index is 2.25. The number of rotatable bonds is 0. The lowest BCUT2D eigenvalue weighted by molar-refractivity contribution is 1.02. The Morgan fingerprint density at radius 1 is 1.25 bits per heavy atom. The summed E-state index contributed by atoms with van der Waals surface area (Å²) in [6.07, 6.45) is 4.36. The molecule has 0 unspecified atom stereocenters. The van der Waals surface area contributed by atoms with Gasteiger partial charge in [0.2, 0.25) is 0 Å². The van der Waals surface area contributed by atoms with Gasteiger partial charge in [0, 0.05) is 19.3 Å². The summed E-state index contributed by atoms with van der Waals surface area (Å²) in [5.74, 6) is 0. The fourth-order valence-corrected chi connectivity index (χ4v) is 1.41. The number of fused-ring (bicyclic) bond motifs is 1. The first kappa shape index (κ1) is 9.58. The Balaban J connectivity index is 0.000000720. The number of benzene rings is 1. The Labute approximate surface area is 90.1 Å². The van der Waals surface area contributed by atoms with Gasteiger partial charge in [-0.15, -0.1) is 24.0 Å². The van der Waals surface area contributed by atoms with E-state index in [1.54, 1.807) is 0 Å². The van der Waals surface area contributed by atoms with Crippen LogP contribution in [0.1, 0.15) is 5.56 Å². The molecule has 1 nitrogen and oxygen atoms in total. The lowest BCUT2D eigenvalue weighted by atomic mass is 10.1. The van der Waals surface area contributed by atoms with E-state index in [0.717, 1.165) is 6.54 Å². The summed E-state index contributed by atoms with van der Waals surface area (Å²) in [7, 11) is 2.11. The average molecular weight is 273 g/mol. The molecule has 0 spiro atoms. The number of para-hydroxylation sites is 1. The van der Waals surface area contributed by atoms with Gasteiger partial charge in [0.1, 0.15) is 0 Å². The van der Waals surface area contributed by atoms with Crippen molar-refractivity contribution < 1.29 is 0 Å². The molecule has 0 saturated carbocycles. The predicted molar refractivity (Wildman–Crippen MR) is 64.2 cm³/mol. The molecule has 2 heteroatoms. The van der Waals surface area contributed by atoms with E-state index in [2.05, 4.69) is 48.4 Å². The van der Waals surface area contributed by atoms with E-state index in [-0.39, 0.29) is 24.0 Å². The van der Waals surface area contributed by atoms with Gasteiger partial charge < -0.3 is 4.90 Å². The van der Waals surface area contributed by atoms with Crippen LogP contribution in [0, 0.1) is 0 Å². The van der Waals surface area contributed by atoms with Crippen LogP contribution in [0.4, 0.5) is 5.69 Å². The van der Waals surface area contributed by atoms with Crippen LogP contribution in [-0.2, 0) is 0 Å². The molecule has 0 amide bonds. The number of likely N-dealkylation sites (N-methyl/N-ethyl adjacent to an activating group) is 1. The average Bonchev–Trinajstić information content (AvgIpc) is 2.06. The molecule has 1 aliphatic heterocycles. The van der Waals surface area contributed by atoms with Crippen LogP contribution in [0.5, 0.6) is 0 Å². The van der Waals surface area contributed by atoms with Crippen LogP contribution in [0.3, 0.4) is 0 Å². The molecule has 64 valence electrons. The summed E-state index contributed by atoms with van der Waals surface area (Å²) in [5.41, 5.74) is 2.65. The minimum atomic E-state index is 0. The third-order valence-electron chi connectivity index (χ3n) is 2.02. The highest BCUT2D eigenvalue weighted by atomic mass is 127. The molecule has 0 saturated heterocycles. The van der Waals surface area contributed by atoms with Crippen molar-refractivity contribution in [1.82, 2.24) is 0 Å². The molecule has 12 heavy (non-hydrogen) atoms. The van der Waals surface area contributed by atoms with Crippen molar-refractivity contribution in [3.63, 3.8) is 0 Å². The lowest BCUT2D eigenvalue weighted by Crippen LogP contribution is -2.19. The van der Waals surface area contributed by atoms with Crippen LogP contribution in [0.25, 0.3) is 6.08 Å². The van der Waals surface area contributed by atoms with Crippen molar-refractivity contribution >= 4 is 35.7 Å². The molecule has 1 aromatic carbocycles. The summed E-state index contributed by atoms with van der Waals surface area (Å²) in [6.45, 7) is 1.02. The minimum absolute atomic E-state index is 0. The van der Waals surface area contributed by atoms with Gasteiger partial charge in [-0.3, -0.25) is 0 Å². The normalized spacial score (nSPS) is 13.6. The van der Waals surface area contributed by atoms with Crippen LogP contribution in [0.15, 0.2) is 30.3 Å². The first-order valence-corrected chi connectivity index (χ1v) is 3.84. The number of hydrogen-bond acceptors (Lipinski definition) is 1. The fraction of sp³-hybridized carbons (Fsp3) is 0.200. The van der Waals surface area contributed by atoms with Gasteiger partial charge >= 0.3 is 0 Å². The minimum Gasteiger partial charge on any atom is -0.370 e. The Kier molecular flexibility index (Phi) is 3.14. The Morgan fingerprint density at radius 2 is 2.00 bits per heavy atom. The summed E-state index contributed by atoms with van der Waals surface area (Å²) in [6, 6.07) is 8.44. The summed E-state index contributed by atoms with van der Waals surface area (Å²) in [5, 5.41) is 0. The van der Waals surface area contributed by atoms with Crippen molar-refractivity contribution in [3.8, 4) is 0 Å². The largest absolute Gasteiger partial charge is 0.370 e. The molecule has 0 aromatic heterocycles. The van der Waals surface area contributed by atoms with Gasteiger partial charge in [0.15, 0.2) is 0 Å². The molecule has 2 rings (SSSR count). The van der Waals surface area contributed by atoms with Gasteiger partial charge in [-0.25, -0.2) is 0 Å². The molecule has 1 heterocycles. The van der Waals surface area contributed by atoms with Crippen LogP contribution < -0.4 is 4.90 Å². The van der Waals surface area contributed by atoms with Crippen molar-refractivity contribution in [1.29, 1.82) is 0 Å². The molecular formula is C10H12IN. The van der Waals surface area contributed by atoms with E-state index in [1.165, 1.54) is 11.3 Å². The van der Waals surface area contributed by atoms with Crippen molar-refractivity contribution in [2.45, 2.75) is 0 Å². The van der Waals surface area contributed by atoms with Gasteiger partial charge in [-0.1, -0.05) is 30.4 Å². The quantitative estimate of drug-likeness (QED) is 0.657. The van der Waals surface area contributed by atoms with E-state index in [1.807, 2.05) is 0 Å². The van der Waals surface area contributed by atoms with Gasteiger partial charge in [-0.05, 0) is 11.6 Å². The van der Waals surface area contributed by atoms with E-state index in [9.17, 15) is 0 Å². The smallest absolute Gasteiger partial charge is 0.0439 e. The third-order valence-corrected chi connectivity index (χ3v) is 2.02. The van der Waals surface area contributed by atoms with Crippen LogP contribution in [-0.4, -0.2) is 13.6 Å². The zero-order valence-electron chi connectivity index (χ0n) is 7.03. The molecule has 0 aliphatic carbocycles. The molecule has 0 bridgehead atoms. The first-order valence-electron chi connectivity index (χ1n) is 3.84.